The molecular formula is C13H22N2O3. The van der Waals surface area contributed by atoms with Gasteiger partial charge in [0.05, 0.1) is 18.5 Å². The number of hydrogen-bond acceptors (Lipinski definition) is 5. The molecule has 5 heteroatoms. The number of ether oxygens (including phenoxy) is 3. The lowest BCUT2D eigenvalue weighted by Gasteiger charge is -2.08. The van der Waals surface area contributed by atoms with E-state index in [1.807, 2.05) is 19.1 Å². The smallest absolute Gasteiger partial charge is 0.137 e. The highest BCUT2D eigenvalue weighted by Crippen LogP contribution is 2.12. The van der Waals surface area contributed by atoms with Crippen LogP contribution in [0.25, 0.3) is 0 Å². The van der Waals surface area contributed by atoms with E-state index in [-0.39, 0.29) is 6.04 Å². The molecule has 0 spiro atoms. The minimum atomic E-state index is -0.0526. The maximum absolute atomic E-state index is 5.71. The van der Waals surface area contributed by atoms with E-state index >= 15 is 0 Å². The van der Waals surface area contributed by atoms with Crippen LogP contribution in [0, 0.1) is 0 Å². The van der Waals surface area contributed by atoms with Crippen LogP contribution < -0.4 is 10.5 Å². The largest absolute Gasteiger partial charge is 0.490 e. The van der Waals surface area contributed by atoms with E-state index < -0.39 is 0 Å². The summed E-state index contributed by atoms with van der Waals surface area (Å²) in [5.41, 5.74) is 6.57. The number of pyridine rings is 1. The summed E-state index contributed by atoms with van der Waals surface area (Å²) in [6.45, 7) is 4.41. The number of rotatable bonds is 9. The quantitative estimate of drug-likeness (QED) is 0.677. The number of nitrogens with zero attached hydrogens (tertiary/aromatic N) is 1. The molecule has 1 aromatic heterocycles. The second kappa shape index (κ2) is 8.85. The van der Waals surface area contributed by atoms with Crippen molar-refractivity contribution in [3.8, 4) is 5.75 Å². The predicted molar refractivity (Wildman–Crippen MR) is 69.6 cm³/mol. The summed E-state index contributed by atoms with van der Waals surface area (Å²) in [6.07, 6.45) is 2.59. The van der Waals surface area contributed by atoms with Crippen LogP contribution in [0.1, 0.15) is 25.1 Å². The maximum atomic E-state index is 5.71. The second-order valence-electron chi connectivity index (χ2n) is 4.01. The first-order valence-electron chi connectivity index (χ1n) is 6.15. The molecule has 0 aliphatic rings. The first-order valence-corrected chi connectivity index (χ1v) is 6.15. The maximum Gasteiger partial charge on any atom is 0.137 e. The van der Waals surface area contributed by atoms with Gasteiger partial charge in [-0.2, -0.15) is 0 Å². The Hall–Kier alpha value is -1.17. The molecule has 1 rings (SSSR count). The zero-order chi connectivity index (χ0) is 13.2. The summed E-state index contributed by atoms with van der Waals surface area (Å²) < 4.78 is 15.8. The van der Waals surface area contributed by atoms with Crippen molar-refractivity contribution in [2.45, 2.75) is 19.4 Å². The van der Waals surface area contributed by atoms with Crippen LogP contribution in [0.3, 0.4) is 0 Å². The lowest BCUT2D eigenvalue weighted by Crippen LogP contribution is -2.10. The van der Waals surface area contributed by atoms with E-state index in [1.54, 1.807) is 13.3 Å². The van der Waals surface area contributed by atoms with Crippen molar-refractivity contribution >= 4 is 0 Å². The van der Waals surface area contributed by atoms with Gasteiger partial charge in [0.15, 0.2) is 0 Å². The molecule has 2 N–H and O–H groups in total. The third-order valence-corrected chi connectivity index (χ3v) is 2.36. The normalized spacial score (nSPS) is 12.4. The summed E-state index contributed by atoms with van der Waals surface area (Å²) in [4.78, 5) is 4.21. The average molecular weight is 254 g/mol. The molecule has 5 nitrogen and oxygen atoms in total. The zero-order valence-corrected chi connectivity index (χ0v) is 11.1. The predicted octanol–water partition coefficient (Wildman–Crippen LogP) is 1.53. The molecule has 0 aromatic carbocycles. The van der Waals surface area contributed by atoms with E-state index in [9.17, 15) is 0 Å². The SMILES string of the molecule is COCCCOCCOc1ccc(C(C)N)nc1. The van der Waals surface area contributed by atoms with E-state index in [2.05, 4.69) is 4.98 Å². The Bertz CT molecular complexity index is 315. The lowest BCUT2D eigenvalue weighted by molar-refractivity contribution is 0.0805. The first kappa shape index (κ1) is 14.9. The summed E-state index contributed by atoms with van der Waals surface area (Å²) in [6, 6.07) is 3.69. The monoisotopic (exact) mass is 254 g/mol. The number of methoxy groups -OCH3 is 1. The fourth-order valence-electron chi connectivity index (χ4n) is 1.37. The molecule has 1 unspecified atom stereocenters. The lowest BCUT2D eigenvalue weighted by atomic mass is 10.2. The minimum Gasteiger partial charge on any atom is -0.490 e. The summed E-state index contributed by atoms with van der Waals surface area (Å²) in [5.74, 6) is 0.736. The fourth-order valence-corrected chi connectivity index (χ4v) is 1.37. The summed E-state index contributed by atoms with van der Waals surface area (Å²) >= 11 is 0. The first-order chi connectivity index (χ1) is 8.74. The molecule has 0 radical (unpaired) electrons. The van der Waals surface area contributed by atoms with Crippen LogP contribution >= 0.6 is 0 Å². The molecule has 1 atom stereocenters. The number of aromatic nitrogens is 1. The van der Waals surface area contributed by atoms with Gasteiger partial charge in [-0.3, -0.25) is 4.98 Å². The Kier molecular flexibility index (Phi) is 7.32. The van der Waals surface area contributed by atoms with Crippen LogP contribution in [0.2, 0.25) is 0 Å². The molecule has 1 aromatic rings. The van der Waals surface area contributed by atoms with E-state index in [0.717, 1.165) is 24.5 Å². The molecule has 102 valence electrons. The molecule has 0 aliphatic carbocycles. The summed E-state index contributed by atoms with van der Waals surface area (Å²) in [7, 11) is 1.68. The highest BCUT2D eigenvalue weighted by atomic mass is 16.5. The number of hydrogen-bond donors (Lipinski definition) is 1. The van der Waals surface area contributed by atoms with Crippen LogP contribution in [-0.2, 0) is 9.47 Å². The van der Waals surface area contributed by atoms with Gasteiger partial charge in [0, 0.05) is 26.4 Å². The van der Waals surface area contributed by atoms with Gasteiger partial charge < -0.3 is 19.9 Å². The molecule has 0 aliphatic heterocycles. The van der Waals surface area contributed by atoms with Crippen LogP contribution in [0.15, 0.2) is 18.3 Å². The Morgan fingerprint density at radius 1 is 1.22 bits per heavy atom. The third kappa shape index (κ3) is 5.95. The van der Waals surface area contributed by atoms with Gasteiger partial charge in [0.25, 0.3) is 0 Å². The second-order valence-corrected chi connectivity index (χ2v) is 4.01. The standard InChI is InChI=1S/C13H22N2O3/c1-11(14)13-5-4-12(10-15-13)18-9-8-17-7-3-6-16-2/h4-5,10-11H,3,6-9,14H2,1-2H3. The van der Waals surface area contributed by atoms with Gasteiger partial charge in [-0.25, -0.2) is 0 Å². The topological polar surface area (TPSA) is 66.6 Å². The van der Waals surface area contributed by atoms with Crippen molar-refractivity contribution in [3.05, 3.63) is 24.0 Å². The average Bonchev–Trinajstić information content (AvgIpc) is 2.38. The molecule has 0 bridgehead atoms. The molecule has 1 heterocycles. The Morgan fingerprint density at radius 3 is 2.67 bits per heavy atom. The van der Waals surface area contributed by atoms with E-state index in [4.69, 9.17) is 19.9 Å². The van der Waals surface area contributed by atoms with Gasteiger partial charge in [0.2, 0.25) is 0 Å². The minimum absolute atomic E-state index is 0.0526. The van der Waals surface area contributed by atoms with Crippen molar-refractivity contribution in [2.75, 3.05) is 33.5 Å². The molecule has 0 amide bonds. The van der Waals surface area contributed by atoms with Crippen molar-refractivity contribution < 1.29 is 14.2 Å². The van der Waals surface area contributed by atoms with Crippen LogP contribution in [-0.4, -0.2) is 38.5 Å². The highest BCUT2D eigenvalue weighted by molar-refractivity contribution is 5.21. The van der Waals surface area contributed by atoms with Gasteiger partial charge in [0.1, 0.15) is 12.4 Å². The molecular weight excluding hydrogens is 232 g/mol. The fraction of sp³-hybridized carbons (Fsp3) is 0.615. The summed E-state index contributed by atoms with van der Waals surface area (Å²) in [5, 5.41) is 0. The Balaban J connectivity index is 2.12. The van der Waals surface area contributed by atoms with Crippen molar-refractivity contribution in [1.82, 2.24) is 4.98 Å². The van der Waals surface area contributed by atoms with Crippen LogP contribution in [0.5, 0.6) is 5.75 Å². The van der Waals surface area contributed by atoms with Crippen molar-refractivity contribution in [3.63, 3.8) is 0 Å². The number of nitrogens with two attached hydrogens (primary N) is 1. The van der Waals surface area contributed by atoms with E-state index in [0.29, 0.717) is 19.8 Å². The van der Waals surface area contributed by atoms with Crippen molar-refractivity contribution in [1.29, 1.82) is 0 Å². The molecule has 18 heavy (non-hydrogen) atoms. The molecule has 0 fully saturated rings. The highest BCUT2D eigenvalue weighted by Gasteiger charge is 2.01. The van der Waals surface area contributed by atoms with Gasteiger partial charge in [-0.05, 0) is 25.5 Å². The van der Waals surface area contributed by atoms with Crippen molar-refractivity contribution in [2.24, 2.45) is 5.73 Å². The third-order valence-electron chi connectivity index (χ3n) is 2.36. The van der Waals surface area contributed by atoms with Crippen LogP contribution in [0.4, 0.5) is 0 Å². The van der Waals surface area contributed by atoms with Gasteiger partial charge in [-0.1, -0.05) is 0 Å². The van der Waals surface area contributed by atoms with E-state index in [1.165, 1.54) is 0 Å². The Morgan fingerprint density at radius 2 is 2.06 bits per heavy atom. The zero-order valence-electron chi connectivity index (χ0n) is 11.1. The molecule has 0 saturated carbocycles. The Labute approximate surface area is 108 Å². The molecule has 0 saturated heterocycles. The van der Waals surface area contributed by atoms with Gasteiger partial charge >= 0.3 is 0 Å². The van der Waals surface area contributed by atoms with Gasteiger partial charge in [-0.15, -0.1) is 0 Å².